The van der Waals surface area contributed by atoms with Gasteiger partial charge in [-0.15, -0.1) is 0 Å². The fourth-order valence-corrected chi connectivity index (χ4v) is 1.66. The molecule has 0 radical (unpaired) electrons. The Morgan fingerprint density at radius 1 is 1.38 bits per heavy atom. The van der Waals surface area contributed by atoms with E-state index in [9.17, 15) is 0 Å². The van der Waals surface area contributed by atoms with Gasteiger partial charge in [0.15, 0.2) is 0 Å². The van der Waals surface area contributed by atoms with Gasteiger partial charge in [0.2, 0.25) is 0 Å². The summed E-state index contributed by atoms with van der Waals surface area (Å²) >= 11 is 0. The third-order valence-corrected chi connectivity index (χ3v) is 2.60. The highest BCUT2D eigenvalue weighted by Gasteiger charge is 2.15. The van der Waals surface area contributed by atoms with Crippen molar-refractivity contribution < 1.29 is 8.83 Å². The number of nitrogens with two attached hydrogens (primary N) is 1. The van der Waals surface area contributed by atoms with E-state index >= 15 is 0 Å². The van der Waals surface area contributed by atoms with Gasteiger partial charge in [0, 0.05) is 6.42 Å². The molecule has 0 saturated heterocycles. The molecule has 86 valence electrons. The molecule has 0 aliphatic heterocycles. The van der Waals surface area contributed by atoms with E-state index in [0.717, 1.165) is 29.9 Å². The Bertz CT molecular complexity index is 420. The average Bonchev–Trinajstić information content (AvgIpc) is 2.96. The maximum Gasteiger partial charge on any atom is 0.122 e. The van der Waals surface area contributed by atoms with E-state index in [0.29, 0.717) is 0 Å². The van der Waals surface area contributed by atoms with Gasteiger partial charge in [-0.3, -0.25) is 5.84 Å². The third kappa shape index (κ3) is 2.35. The van der Waals surface area contributed by atoms with Crippen LogP contribution in [-0.4, -0.2) is 0 Å². The zero-order valence-electron chi connectivity index (χ0n) is 9.27. The van der Waals surface area contributed by atoms with Crippen LogP contribution in [0.3, 0.4) is 0 Å². The summed E-state index contributed by atoms with van der Waals surface area (Å²) in [6.45, 7) is 2.06. The first kappa shape index (κ1) is 11.0. The molecule has 0 saturated carbocycles. The molecule has 0 amide bonds. The molecule has 0 bridgehead atoms. The lowest BCUT2D eigenvalue weighted by molar-refractivity contribution is 0.395. The van der Waals surface area contributed by atoms with E-state index in [1.54, 1.807) is 12.5 Å². The lowest BCUT2D eigenvalue weighted by Crippen LogP contribution is -2.29. The number of hydrogen-bond acceptors (Lipinski definition) is 4. The number of rotatable bonds is 5. The molecule has 2 aromatic heterocycles. The van der Waals surface area contributed by atoms with Gasteiger partial charge < -0.3 is 8.83 Å². The fraction of sp³-hybridized carbons (Fsp3) is 0.333. The lowest BCUT2D eigenvalue weighted by atomic mass is 10.1. The van der Waals surface area contributed by atoms with Crippen LogP contribution in [0.4, 0.5) is 0 Å². The van der Waals surface area contributed by atoms with Crippen molar-refractivity contribution in [3.05, 3.63) is 47.8 Å². The van der Waals surface area contributed by atoms with Gasteiger partial charge >= 0.3 is 0 Å². The number of nitrogens with one attached hydrogen (secondary N) is 1. The van der Waals surface area contributed by atoms with Crippen LogP contribution in [0.1, 0.15) is 30.0 Å². The smallest absolute Gasteiger partial charge is 0.122 e. The van der Waals surface area contributed by atoms with E-state index in [4.69, 9.17) is 14.7 Å². The van der Waals surface area contributed by atoms with Crippen molar-refractivity contribution in [2.24, 2.45) is 5.84 Å². The first-order valence-electron chi connectivity index (χ1n) is 5.39. The molecular formula is C12H16N2O2. The summed E-state index contributed by atoms with van der Waals surface area (Å²) in [5.74, 6) is 7.37. The topological polar surface area (TPSA) is 64.3 Å². The second-order valence-corrected chi connectivity index (χ2v) is 3.71. The van der Waals surface area contributed by atoms with Crippen molar-refractivity contribution in [1.29, 1.82) is 0 Å². The summed E-state index contributed by atoms with van der Waals surface area (Å²) in [6.07, 6.45) is 5.02. The van der Waals surface area contributed by atoms with Crippen molar-refractivity contribution in [2.45, 2.75) is 25.8 Å². The Labute approximate surface area is 94.4 Å². The van der Waals surface area contributed by atoms with E-state index < -0.39 is 0 Å². The van der Waals surface area contributed by atoms with Crippen LogP contribution < -0.4 is 11.3 Å². The van der Waals surface area contributed by atoms with Crippen LogP contribution in [0.25, 0.3) is 0 Å². The van der Waals surface area contributed by atoms with Crippen LogP contribution in [0.2, 0.25) is 0 Å². The number of hydrogen-bond donors (Lipinski definition) is 2. The molecule has 0 fully saturated rings. The van der Waals surface area contributed by atoms with E-state index in [-0.39, 0.29) is 6.04 Å². The van der Waals surface area contributed by atoms with Gasteiger partial charge in [0.25, 0.3) is 0 Å². The average molecular weight is 220 g/mol. The summed E-state index contributed by atoms with van der Waals surface area (Å²) in [5, 5.41) is 0. The van der Waals surface area contributed by atoms with Crippen LogP contribution >= 0.6 is 0 Å². The molecule has 2 aromatic rings. The monoisotopic (exact) mass is 220 g/mol. The summed E-state index contributed by atoms with van der Waals surface area (Å²) < 4.78 is 10.7. The van der Waals surface area contributed by atoms with Crippen LogP contribution in [0.5, 0.6) is 0 Å². The minimum Gasteiger partial charge on any atom is -0.472 e. The summed E-state index contributed by atoms with van der Waals surface area (Å²) in [6, 6.07) is 5.85. The highest BCUT2D eigenvalue weighted by atomic mass is 16.3. The molecule has 3 N–H and O–H groups in total. The Kier molecular flexibility index (Phi) is 3.44. The van der Waals surface area contributed by atoms with Crippen molar-refractivity contribution in [2.75, 3.05) is 0 Å². The molecule has 0 aliphatic rings. The molecule has 0 spiro atoms. The minimum atomic E-state index is -0.0158. The maximum absolute atomic E-state index is 5.66. The van der Waals surface area contributed by atoms with Gasteiger partial charge in [-0.05, 0) is 30.2 Å². The molecule has 4 heteroatoms. The molecule has 2 rings (SSSR count). The van der Waals surface area contributed by atoms with Gasteiger partial charge in [-0.2, -0.15) is 0 Å². The Balaban J connectivity index is 2.10. The normalized spacial score (nSPS) is 12.9. The van der Waals surface area contributed by atoms with Crippen molar-refractivity contribution in [3.63, 3.8) is 0 Å². The largest absolute Gasteiger partial charge is 0.472 e. The molecule has 1 atom stereocenters. The zero-order chi connectivity index (χ0) is 11.4. The highest BCUT2D eigenvalue weighted by Crippen LogP contribution is 2.20. The van der Waals surface area contributed by atoms with Crippen LogP contribution in [0, 0.1) is 0 Å². The zero-order valence-corrected chi connectivity index (χ0v) is 9.27. The van der Waals surface area contributed by atoms with Gasteiger partial charge in [-0.1, -0.05) is 6.92 Å². The van der Waals surface area contributed by atoms with Gasteiger partial charge in [-0.25, -0.2) is 5.43 Å². The third-order valence-electron chi connectivity index (χ3n) is 2.60. The Morgan fingerprint density at radius 3 is 2.81 bits per heavy atom. The highest BCUT2D eigenvalue weighted by molar-refractivity contribution is 5.15. The predicted octanol–water partition coefficient (Wildman–Crippen LogP) is 2.18. The molecule has 2 heterocycles. The Morgan fingerprint density at radius 2 is 2.25 bits per heavy atom. The van der Waals surface area contributed by atoms with Crippen LogP contribution in [0.15, 0.2) is 39.6 Å². The Hall–Kier alpha value is -1.52. The summed E-state index contributed by atoms with van der Waals surface area (Å²) in [7, 11) is 0. The fourth-order valence-electron chi connectivity index (χ4n) is 1.66. The quantitative estimate of drug-likeness (QED) is 0.598. The maximum atomic E-state index is 5.66. The van der Waals surface area contributed by atoms with E-state index in [1.165, 1.54) is 0 Å². The molecule has 0 aliphatic carbocycles. The lowest BCUT2D eigenvalue weighted by Gasteiger charge is -2.11. The predicted molar refractivity (Wildman–Crippen MR) is 60.6 cm³/mol. The van der Waals surface area contributed by atoms with Crippen molar-refractivity contribution >= 4 is 0 Å². The molecular weight excluding hydrogens is 204 g/mol. The molecule has 1 unspecified atom stereocenters. The van der Waals surface area contributed by atoms with E-state index in [1.807, 2.05) is 18.2 Å². The number of aryl methyl sites for hydroxylation is 1. The first-order valence-corrected chi connectivity index (χ1v) is 5.39. The molecule has 16 heavy (non-hydrogen) atoms. The van der Waals surface area contributed by atoms with Crippen molar-refractivity contribution in [1.82, 2.24) is 5.43 Å². The molecule has 4 nitrogen and oxygen atoms in total. The number of furan rings is 2. The van der Waals surface area contributed by atoms with Crippen LogP contribution in [-0.2, 0) is 12.8 Å². The second kappa shape index (κ2) is 5.01. The summed E-state index contributed by atoms with van der Waals surface area (Å²) in [5.41, 5.74) is 3.85. The SMILES string of the molecule is CCc1ccc(C(Cc2ccoc2)NN)o1. The summed E-state index contributed by atoms with van der Waals surface area (Å²) in [4.78, 5) is 0. The first-order chi connectivity index (χ1) is 7.83. The van der Waals surface area contributed by atoms with Gasteiger partial charge in [0.05, 0.1) is 18.6 Å². The van der Waals surface area contributed by atoms with Crippen molar-refractivity contribution in [3.8, 4) is 0 Å². The van der Waals surface area contributed by atoms with Gasteiger partial charge in [0.1, 0.15) is 11.5 Å². The minimum absolute atomic E-state index is 0.0158. The number of hydrazine groups is 1. The second-order valence-electron chi connectivity index (χ2n) is 3.71. The standard InChI is InChI=1S/C12H16N2O2/c1-2-10-3-4-12(16-10)11(14-13)7-9-5-6-15-8-9/h3-6,8,11,14H,2,7,13H2,1H3. The van der Waals surface area contributed by atoms with E-state index in [2.05, 4.69) is 12.3 Å². The molecule has 0 aromatic carbocycles.